The van der Waals surface area contributed by atoms with Gasteiger partial charge < -0.3 is 19.3 Å². The number of methoxy groups -OCH3 is 1. The summed E-state index contributed by atoms with van der Waals surface area (Å²) in [4.78, 5) is 11.4. The quantitative estimate of drug-likeness (QED) is 0.540. The monoisotopic (exact) mass is 216 g/mol. The molecule has 0 aromatic heterocycles. The Balaban J connectivity index is 2.74. The van der Waals surface area contributed by atoms with E-state index in [1.54, 1.807) is 19.9 Å². The van der Waals surface area contributed by atoms with Gasteiger partial charge in [-0.1, -0.05) is 0 Å². The van der Waals surface area contributed by atoms with Crippen LogP contribution in [0.3, 0.4) is 0 Å². The molecule has 0 saturated heterocycles. The predicted molar refractivity (Wildman–Crippen MR) is 52.1 cm³/mol. The first-order valence-electron chi connectivity index (χ1n) is 4.81. The smallest absolute Gasteiger partial charge is 0.338 e. The van der Waals surface area contributed by atoms with Crippen molar-refractivity contribution in [3.05, 3.63) is 11.6 Å². The molecule has 0 aromatic rings. The van der Waals surface area contributed by atoms with Crippen molar-refractivity contribution >= 4 is 5.97 Å². The average molecular weight is 216 g/mol. The number of ether oxygens (including phenoxy) is 3. The first kappa shape index (κ1) is 12.2. The third-order valence-corrected chi connectivity index (χ3v) is 2.18. The van der Waals surface area contributed by atoms with Crippen LogP contribution in [-0.2, 0) is 19.0 Å². The number of esters is 1. The summed E-state index contributed by atoms with van der Waals surface area (Å²) in [5.41, 5.74) is 0.645. The third-order valence-electron chi connectivity index (χ3n) is 2.18. The zero-order valence-corrected chi connectivity index (χ0v) is 9.10. The molecule has 5 heteroatoms. The predicted octanol–water partition coefficient (Wildman–Crippen LogP) is 0.228. The Hall–Kier alpha value is -0.910. The van der Waals surface area contributed by atoms with Gasteiger partial charge in [-0.2, -0.15) is 0 Å². The standard InChI is InChI=1S/C10H16O5/c1-4-14-10(12)9-8(11)6(2)5-7(13-3)15-9/h5,7-9,11H,4H2,1-3H3/t7-,8+,9+/m0/s1. The molecule has 5 nitrogen and oxygen atoms in total. The Morgan fingerprint density at radius 3 is 2.87 bits per heavy atom. The van der Waals surface area contributed by atoms with Crippen LogP contribution in [0.5, 0.6) is 0 Å². The van der Waals surface area contributed by atoms with E-state index in [9.17, 15) is 9.90 Å². The normalized spacial score (nSPS) is 30.9. The molecule has 0 spiro atoms. The van der Waals surface area contributed by atoms with Crippen LogP contribution in [0.2, 0.25) is 0 Å². The van der Waals surface area contributed by atoms with Crippen LogP contribution in [0.15, 0.2) is 11.6 Å². The van der Waals surface area contributed by atoms with Gasteiger partial charge in [0.05, 0.1) is 6.61 Å². The number of rotatable bonds is 3. The lowest BCUT2D eigenvalue weighted by molar-refractivity contribution is -0.192. The SMILES string of the molecule is CCOC(=O)[C@@H]1O[C@H](OC)C=C(C)[C@H]1O. The topological polar surface area (TPSA) is 65.0 Å². The minimum Gasteiger partial charge on any atom is -0.464 e. The van der Waals surface area contributed by atoms with E-state index >= 15 is 0 Å². The van der Waals surface area contributed by atoms with E-state index in [-0.39, 0.29) is 6.61 Å². The van der Waals surface area contributed by atoms with Crippen molar-refractivity contribution in [2.24, 2.45) is 0 Å². The van der Waals surface area contributed by atoms with Crippen molar-refractivity contribution in [2.75, 3.05) is 13.7 Å². The minimum atomic E-state index is -1.00. The second-order valence-electron chi connectivity index (χ2n) is 3.27. The van der Waals surface area contributed by atoms with Gasteiger partial charge in [-0.15, -0.1) is 0 Å². The summed E-state index contributed by atoms with van der Waals surface area (Å²) < 4.78 is 14.9. The molecular weight excluding hydrogens is 200 g/mol. The molecule has 0 unspecified atom stereocenters. The van der Waals surface area contributed by atoms with Crippen molar-refractivity contribution in [3.63, 3.8) is 0 Å². The van der Waals surface area contributed by atoms with E-state index in [0.717, 1.165) is 0 Å². The summed E-state index contributed by atoms with van der Waals surface area (Å²) >= 11 is 0. The number of hydrogen-bond acceptors (Lipinski definition) is 5. The first-order chi connectivity index (χ1) is 7.10. The second kappa shape index (κ2) is 5.25. The summed E-state index contributed by atoms with van der Waals surface area (Å²) in [6.45, 7) is 3.67. The highest BCUT2D eigenvalue weighted by Crippen LogP contribution is 2.20. The highest BCUT2D eigenvalue weighted by molar-refractivity contribution is 5.76. The highest BCUT2D eigenvalue weighted by Gasteiger charge is 2.36. The fourth-order valence-electron chi connectivity index (χ4n) is 1.34. The lowest BCUT2D eigenvalue weighted by Crippen LogP contribution is -2.44. The molecule has 0 saturated carbocycles. The van der Waals surface area contributed by atoms with Crippen LogP contribution in [0.1, 0.15) is 13.8 Å². The second-order valence-corrected chi connectivity index (χ2v) is 3.27. The van der Waals surface area contributed by atoms with Gasteiger partial charge in [-0.3, -0.25) is 0 Å². The largest absolute Gasteiger partial charge is 0.464 e. The molecule has 86 valence electrons. The lowest BCUT2D eigenvalue weighted by Gasteiger charge is -2.30. The van der Waals surface area contributed by atoms with Crippen LogP contribution >= 0.6 is 0 Å². The van der Waals surface area contributed by atoms with Crippen molar-refractivity contribution in [2.45, 2.75) is 32.3 Å². The molecule has 15 heavy (non-hydrogen) atoms. The Bertz CT molecular complexity index is 261. The Morgan fingerprint density at radius 2 is 2.33 bits per heavy atom. The number of carbonyl (C=O) groups excluding carboxylic acids is 1. The van der Waals surface area contributed by atoms with Crippen molar-refractivity contribution < 1.29 is 24.1 Å². The average Bonchev–Trinajstić information content (AvgIpc) is 2.22. The van der Waals surface area contributed by atoms with Gasteiger partial charge in [0.2, 0.25) is 0 Å². The molecule has 1 rings (SSSR count). The van der Waals surface area contributed by atoms with E-state index in [0.29, 0.717) is 5.57 Å². The van der Waals surface area contributed by atoms with Crippen molar-refractivity contribution in [3.8, 4) is 0 Å². The molecule has 0 amide bonds. The number of aliphatic hydroxyl groups is 1. The summed E-state index contributed by atoms with van der Waals surface area (Å²) in [6, 6.07) is 0. The van der Waals surface area contributed by atoms with Crippen LogP contribution in [0.4, 0.5) is 0 Å². The fourth-order valence-corrected chi connectivity index (χ4v) is 1.34. The molecule has 0 aliphatic carbocycles. The van der Waals surface area contributed by atoms with Crippen LogP contribution in [0.25, 0.3) is 0 Å². The zero-order valence-electron chi connectivity index (χ0n) is 9.10. The van der Waals surface area contributed by atoms with Gasteiger partial charge in [0.1, 0.15) is 6.10 Å². The Labute approximate surface area is 88.6 Å². The first-order valence-corrected chi connectivity index (χ1v) is 4.81. The van der Waals surface area contributed by atoms with Gasteiger partial charge in [0.15, 0.2) is 12.4 Å². The summed E-state index contributed by atoms with van der Waals surface area (Å²) in [5, 5.41) is 9.70. The van der Waals surface area contributed by atoms with E-state index in [4.69, 9.17) is 14.2 Å². The molecule has 0 radical (unpaired) electrons. The maximum atomic E-state index is 11.4. The van der Waals surface area contributed by atoms with E-state index in [1.807, 2.05) is 0 Å². The maximum Gasteiger partial charge on any atom is 0.338 e. The molecule has 1 N–H and O–H groups in total. The van der Waals surface area contributed by atoms with Crippen LogP contribution in [-0.4, -0.2) is 43.3 Å². The fraction of sp³-hybridized carbons (Fsp3) is 0.700. The third kappa shape index (κ3) is 2.77. The van der Waals surface area contributed by atoms with Crippen molar-refractivity contribution in [1.29, 1.82) is 0 Å². The summed E-state index contributed by atoms with van der Waals surface area (Å²) in [5.74, 6) is -0.570. The van der Waals surface area contributed by atoms with E-state index in [2.05, 4.69) is 0 Å². The molecule has 0 aromatic carbocycles. The Kier molecular flexibility index (Phi) is 4.26. The van der Waals surface area contributed by atoms with E-state index < -0.39 is 24.5 Å². The highest BCUT2D eigenvalue weighted by atomic mass is 16.7. The molecule has 1 heterocycles. The van der Waals surface area contributed by atoms with Crippen LogP contribution in [0, 0.1) is 0 Å². The van der Waals surface area contributed by atoms with Gasteiger partial charge in [0.25, 0.3) is 0 Å². The van der Waals surface area contributed by atoms with Crippen molar-refractivity contribution in [1.82, 2.24) is 0 Å². The van der Waals surface area contributed by atoms with E-state index in [1.165, 1.54) is 7.11 Å². The summed E-state index contributed by atoms with van der Waals surface area (Å²) in [7, 11) is 1.47. The number of carbonyl (C=O) groups is 1. The maximum absolute atomic E-state index is 11.4. The summed E-state index contributed by atoms with van der Waals surface area (Å²) in [6.07, 6.45) is -0.946. The van der Waals surface area contributed by atoms with Gasteiger partial charge in [0, 0.05) is 7.11 Å². The van der Waals surface area contributed by atoms with Gasteiger partial charge in [-0.25, -0.2) is 4.79 Å². The molecule has 0 fully saturated rings. The lowest BCUT2D eigenvalue weighted by atomic mass is 10.0. The molecule has 0 bridgehead atoms. The molecule has 1 aliphatic rings. The molecular formula is C10H16O5. The zero-order chi connectivity index (χ0) is 11.4. The number of aliphatic hydroxyl groups excluding tert-OH is 1. The minimum absolute atomic E-state index is 0.256. The molecule has 3 atom stereocenters. The number of hydrogen-bond donors (Lipinski definition) is 1. The van der Waals surface area contributed by atoms with Gasteiger partial charge >= 0.3 is 5.97 Å². The molecule has 1 aliphatic heterocycles. The van der Waals surface area contributed by atoms with Crippen LogP contribution < -0.4 is 0 Å². The Morgan fingerprint density at radius 1 is 1.67 bits per heavy atom. The van der Waals surface area contributed by atoms with Gasteiger partial charge in [-0.05, 0) is 25.5 Å².